The number of carbonyl (C=O) groups is 1. The van der Waals surface area contributed by atoms with Crippen molar-refractivity contribution in [1.82, 2.24) is 4.90 Å². The van der Waals surface area contributed by atoms with E-state index in [0.717, 1.165) is 19.5 Å². The molecule has 0 aliphatic heterocycles. The molecule has 0 saturated heterocycles. The SMILES string of the molecule is CC(C)C(C)CN(C=O)CC(C)C(C)C. The van der Waals surface area contributed by atoms with E-state index in [1.807, 2.05) is 4.90 Å². The molecule has 0 bridgehead atoms. The zero-order valence-corrected chi connectivity index (χ0v) is 11.2. The van der Waals surface area contributed by atoms with Gasteiger partial charge in [-0.25, -0.2) is 0 Å². The van der Waals surface area contributed by atoms with Gasteiger partial charge in [-0.2, -0.15) is 0 Å². The number of hydrogen-bond donors (Lipinski definition) is 0. The van der Waals surface area contributed by atoms with Crippen LogP contribution in [0.2, 0.25) is 0 Å². The maximum absolute atomic E-state index is 10.9. The van der Waals surface area contributed by atoms with Crippen LogP contribution in [-0.2, 0) is 4.79 Å². The van der Waals surface area contributed by atoms with Crippen LogP contribution in [0.5, 0.6) is 0 Å². The summed E-state index contributed by atoms with van der Waals surface area (Å²) in [6, 6.07) is 0. The highest BCUT2D eigenvalue weighted by Crippen LogP contribution is 2.14. The highest BCUT2D eigenvalue weighted by atomic mass is 16.1. The molecule has 15 heavy (non-hydrogen) atoms. The van der Waals surface area contributed by atoms with Crippen molar-refractivity contribution in [2.24, 2.45) is 23.7 Å². The van der Waals surface area contributed by atoms with Crippen LogP contribution >= 0.6 is 0 Å². The lowest BCUT2D eigenvalue weighted by Gasteiger charge is -2.28. The molecule has 2 unspecified atom stereocenters. The summed E-state index contributed by atoms with van der Waals surface area (Å²) in [6.45, 7) is 15.0. The third-order valence-electron chi connectivity index (χ3n) is 3.47. The Balaban J connectivity index is 4.08. The first-order valence-electron chi connectivity index (χ1n) is 6.07. The van der Waals surface area contributed by atoms with Gasteiger partial charge in [-0.15, -0.1) is 0 Å². The summed E-state index contributed by atoms with van der Waals surface area (Å²) in [6.07, 6.45) is 0.998. The van der Waals surface area contributed by atoms with Crippen LogP contribution in [-0.4, -0.2) is 24.4 Å². The molecule has 0 aliphatic carbocycles. The van der Waals surface area contributed by atoms with Crippen LogP contribution in [0.3, 0.4) is 0 Å². The summed E-state index contributed by atoms with van der Waals surface area (Å²) in [4.78, 5) is 12.9. The Morgan fingerprint density at radius 2 is 1.20 bits per heavy atom. The van der Waals surface area contributed by atoms with Crippen molar-refractivity contribution in [2.75, 3.05) is 13.1 Å². The molecule has 0 aromatic heterocycles. The van der Waals surface area contributed by atoms with Gasteiger partial charge < -0.3 is 4.90 Å². The van der Waals surface area contributed by atoms with Gasteiger partial charge in [0.2, 0.25) is 6.41 Å². The van der Waals surface area contributed by atoms with Crippen LogP contribution < -0.4 is 0 Å². The Morgan fingerprint density at radius 3 is 1.40 bits per heavy atom. The standard InChI is InChI=1S/C13H27NO/c1-10(2)12(5)7-14(9-15)8-13(6)11(3)4/h9-13H,7-8H2,1-6H3. The summed E-state index contributed by atoms with van der Waals surface area (Å²) in [5.74, 6) is 2.44. The molecule has 0 saturated carbocycles. The maximum atomic E-state index is 10.9. The van der Waals surface area contributed by atoms with E-state index >= 15 is 0 Å². The van der Waals surface area contributed by atoms with E-state index in [-0.39, 0.29) is 0 Å². The molecule has 2 atom stereocenters. The van der Waals surface area contributed by atoms with Gasteiger partial charge in [0.05, 0.1) is 0 Å². The average Bonchev–Trinajstić information content (AvgIpc) is 2.15. The Morgan fingerprint density at radius 1 is 0.867 bits per heavy atom. The summed E-state index contributed by atoms with van der Waals surface area (Å²) in [5.41, 5.74) is 0. The molecular weight excluding hydrogens is 186 g/mol. The molecule has 0 N–H and O–H groups in total. The number of carbonyl (C=O) groups excluding carboxylic acids is 1. The lowest BCUT2D eigenvalue weighted by Crippen LogP contribution is -2.34. The third kappa shape index (κ3) is 5.81. The number of nitrogens with zero attached hydrogens (tertiary/aromatic N) is 1. The molecule has 0 spiro atoms. The van der Waals surface area contributed by atoms with Gasteiger partial charge in [0, 0.05) is 13.1 Å². The van der Waals surface area contributed by atoms with Crippen molar-refractivity contribution < 1.29 is 4.79 Å². The summed E-state index contributed by atoms with van der Waals surface area (Å²) >= 11 is 0. The van der Waals surface area contributed by atoms with Crippen molar-refractivity contribution in [3.8, 4) is 0 Å². The van der Waals surface area contributed by atoms with Gasteiger partial charge in [0.25, 0.3) is 0 Å². The van der Waals surface area contributed by atoms with Gasteiger partial charge in [0.15, 0.2) is 0 Å². The van der Waals surface area contributed by atoms with E-state index in [1.54, 1.807) is 0 Å². The predicted octanol–water partition coefficient (Wildman–Crippen LogP) is 3.03. The Kier molecular flexibility index (Phi) is 6.62. The fourth-order valence-corrected chi connectivity index (χ4v) is 1.32. The monoisotopic (exact) mass is 213 g/mol. The van der Waals surface area contributed by atoms with Crippen LogP contribution in [0, 0.1) is 23.7 Å². The normalized spacial score (nSPS) is 15.5. The quantitative estimate of drug-likeness (QED) is 0.595. The third-order valence-corrected chi connectivity index (χ3v) is 3.47. The second-order valence-electron chi connectivity index (χ2n) is 5.50. The Labute approximate surface area is 95.0 Å². The van der Waals surface area contributed by atoms with Crippen molar-refractivity contribution in [2.45, 2.75) is 41.5 Å². The van der Waals surface area contributed by atoms with Gasteiger partial charge in [-0.1, -0.05) is 41.5 Å². The second-order valence-corrected chi connectivity index (χ2v) is 5.50. The first kappa shape index (κ1) is 14.5. The fraction of sp³-hybridized carbons (Fsp3) is 0.923. The highest BCUT2D eigenvalue weighted by Gasteiger charge is 2.15. The lowest BCUT2D eigenvalue weighted by molar-refractivity contribution is -0.119. The van der Waals surface area contributed by atoms with Crippen LogP contribution in [0.1, 0.15) is 41.5 Å². The molecule has 2 heteroatoms. The molecule has 2 nitrogen and oxygen atoms in total. The number of amides is 1. The van der Waals surface area contributed by atoms with Gasteiger partial charge >= 0.3 is 0 Å². The number of hydrogen-bond acceptors (Lipinski definition) is 1. The molecule has 0 fully saturated rings. The topological polar surface area (TPSA) is 20.3 Å². The van der Waals surface area contributed by atoms with Crippen LogP contribution in [0.4, 0.5) is 0 Å². The van der Waals surface area contributed by atoms with Crippen molar-refractivity contribution in [1.29, 1.82) is 0 Å². The smallest absolute Gasteiger partial charge is 0.209 e. The molecule has 0 aromatic rings. The zero-order chi connectivity index (χ0) is 12.0. The molecule has 0 heterocycles. The molecule has 0 rings (SSSR count). The van der Waals surface area contributed by atoms with Crippen molar-refractivity contribution >= 4 is 6.41 Å². The van der Waals surface area contributed by atoms with E-state index < -0.39 is 0 Å². The van der Waals surface area contributed by atoms with E-state index in [9.17, 15) is 4.79 Å². The predicted molar refractivity (Wildman–Crippen MR) is 65.6 cm³/mol. The van der Waals surface area contributed by atoms with Crippen molar-refractivity contribution in [3.63, 3.8) is 0 Å². The van der Waals surface area contributed by atoms with E-state index in [1.165, 1.54) is 0 Å². The van der Waals surface area contributed by atoms with E-state index in [2.05, 4.69) is 41.5 Å². The molecule has 1 amide bonds. The largest absolute Gasteiger partial charge is 0.345 e. The summed E-state index contributed by atoms with van der Waals surface area (Å²) in [7, 11) is 0. The Bertz CT molecular complexity index is 161. The zero-order valence-electron chi connectivity index (χ0n) is 11.2. The summed E-state index contributed by atoms with van der Waals surface area (Å²) < 4.78 is 0. The fourth-order valence-electron chi connectivity index (χ4n) is 1.32. The van der Waals surface area contributed by atoms with Crippen LogP contribution in [0.25, 0.3) is 0 Å². The van der Waals surface area contributed by atoms with Crippen LogP contribution in [0.15, 0.2) is 0 Å². The number of rotatable bonds is 7. The van der Waals surface area contributed by atoms with Gasteiger partial charge in [-0.05, 0) is 23.7 Å². The van der Waals surface area contributed by atoms with E-state index in [0.29, 0.717) is 23.7 Å². The highest BCUT2D eigenvalue weighted by molar-refractivity contribution is 5.46. The average molecular weight is 213 g/mol. The molecule has 0 radical (unpaired) electrons. The molecule has 90 valence electrons. The first-order valence-corrected chi connectivity index (χ1v) is 6.07. The van der Waals surface area contributed by atoms with E-state index in [4.69, 9.17) is 0 Å². The molecular formula is C13H27NO. The Hall–Kier alpha value is -0.530. The second kappa shape index (κ2) is 6.86. The van der Waals surface area contributed by atoms with Gasteiger partial charge in [-0.3, -0.25) is 4.79 Å². The van der Waals surface area contributed by atoms with Crippen molar-refractivity contribution in [3.05, 3.63) is 0 Å². The molecule has 0 aliphatic rings. The lowest BCUT2D eigenvalue weighted by atomic mass is 9.95. The first-order chi connectivity index (χ1) is 6.88. The van der Waals surface area contributed by atoms with Gasteiger partial charge in [0.1, 0.15) is 0 Å². The maximum Gasteiger partial charge on any atom is 0.209 e. The minimum Gasteiger partial charge on any atom is -0.345 e. The molecule has 0 aromatic carbocycles. The minimum absolute atomic E-state index is 0.578. The summed E-state index contributed by atoms with van der Waals surface area (Å²) in [5, 5.41) is 0. The minimum atomic E-state index is 0.578.